The van der Waals surface area contributed by atoms with Gasteiger partial charge in [0, 0.05) is 5.56 Å². The van der Waals surface area contributed by atoms with Gasteiger partial charge in [-0.25, -0.2) is 4.79 Å². The van der Waals surface area contributed by atoms with E-state index in [9.17, 15) is 9.90 Å². The quantitative estimate of drug-likeness (QED) is 0.795. The summed E-state index contributed by atoms with van der Waals surface area (Å²) < 4.78 is 0.540. The number of carbonyl (C=O) groups is 1. The molecule has 2 rings (SSSR count). The molecule has 2 aromatic rings. The first-order chi connectivity index (χ1) is 7.99. The number of aromatic hydroxyl groups is 1. The lowest BCUT2D eigenvalue weighted by Gasteiger charge is -2.05. The minimum Gasteiger partial charge on any atom is -0.507 e. The highest BCUT2D eigenvalue weighted by Crippen LogP contribution is 2.32. The minimum atomic E-state index is -1.06. The largest absolute Gasteiger partial charge is 0.507 e. The van der Waals surface area contributed by atoms with Crippen LogP contribution in [-0.4, -0.2) is 26.4 Å². The molecule has 0 atom stereocenters. The molecule has 1 aromatic heterocycles. The average Bonchev–Trinajstić information content (AvgIpc) is 2.72. The summed E-state index contributed by atoms with van der Waals surface area (Å²) in [7, 11) is 0. The van der Waals surface area contributed by atoms with Gasteiger partial charge in [-0.3, -0.25) is 5.10 Å². The maximum atomic E-state index is 10.7. The summed E-state index contributed by atoms with van der Waals surface area (Å²) >= 11 is 3.21. The second kappa shape index (κ2) is 4.21. The Bertz CT molecular complexity index is 592. The molecular weight excluding hydrogens is 288 g/mol. The molecule has 1 aromatic carbocycles. The molecule has 0 saturated carbocycles. The number of aromatic carboxylic acids is 1. The van der Waals surface area contributed by atoms with Crippen molar-refractivity contribution in [3.8, 4) is 17.0 Å². The molecule has 0 aliphatic carbocycles. The van der Waals surface area contributed by atoms with E-state index < -0.39 is 5.97 Å². The van der Waals surface area contributed by atoms with Crippen LogP contribution in [-0.2, 0) is 0 Å². The van der Waals surface area contributed by atoms with Crippen LogP contribution in [0.1, 0.15) is 16.1 Å². The molecule has 3 N–H and O–H groups in total. The van der Waals surface area contributed by atoms with Gasteiger partial charge in [0.05, 0.1) is 10.2 Å². The lowest BCUT2D eigenvalue weighted by atomic mass is 10.1. The van der Waals surface area contributed by atoms with Gasteiger partial charge in [-0.2, -0.15) is 5.10 Å². The van der Waals surface area contributed by atoms with Gasteiger partial charge in [0.2, 0.25) is 0 Å². The zero-order valence-corrected chi connectivity index (χ0v) is 10.4. The molecule has 0 spiro atoms. The van der Waals surface area contributed by atoms with E-state index in [1.807, 2.05) is 6.92 Å². The number of H-pyrrole nitrogens is 1. The third-order valence-electron chi connectivity index (χ3n) is 2.38. The Hall–Kier alpha value is -1.82. The van der Waals surface area contributed by atoms with Crippen molar-refractivity contribution in [2.24, 2.45) is 0 Å². The van der Waals surface area contributed by atoms with E-state index in [0.717, 1.165) is 11.1 Å². The Morgan fingerprint density at radius 1 is 1.41 bits per heavy atom. The average molecular weight is 297 g/mol. The lowest BCUT2D eigenvalue weighted by Crippen LogP contribution is -1.95. The van der Waals surface area contributed by atoms with Crippen LogP contribution >= 0.6 is 15.9 Å². The van der Waals surface area contributed by atoms with Gasteiger partial charge in [-0.05, 0) is 46.6 Å². The van der Waals surface area contributed by atoms with Crippen molar-refractivity contribution < 1.29 is 15.0 Å². The van der Waals surface area contributed by atoms with Crippen molar-refractivity contribution in [2.75, 3.05) is 0 Å². The molecule has 0 bridgehead atoms. The Balaban J connectivity index is 2.52. The number of hydrogen-bond donors (Lipinski definition) is 3. The predicted molar refractivity (Wildman–Crippen MR) is 65.1 cm³/mol. The van der Waals surface area contributed by atoms with Crippen LogP contribution < -0.4 is 0 Å². The van der Waals surface area contributed by atoms with Gasteiger partial charge in [-0.15, -0.1) is 0 Å². The van der Waals surface area contributed by atoms with Crippen molar-refractivity contribution in [3.63, 3.8) is 0 Å². The van der Waals surface area contributed by atoms with E-state index in [1.165, 1.54) is 6.07 Å². The van der Waals surface area contributed by atoms with Crippen LogP contribution in [0.5, 0.6) is 5.75 Å². The highest BCUT2D eigenvalue weighted by atomic mass is 79.9. The summed E-state index contributed by atoms with van der Waals surface area (Å²) in [6.07, 6.45) is 0. The van der Waals surface area contributed by atoms with Crippen LogP contribution in [0.3, 0.4) is 0 Å². The third-order valence-corrected chi connectivity index (χ3v) is 3.01. The van der Waals surface area contributed by atoms with E-state index in [2.05, 4.69) is 26.1 Å². The molecule has 1 heterocycles. The van der Waals surface area contributed by atoms with Gasteiger partial charge in [0.1, 0.15) is 11.4 Å². The fourth-order valence-corrected chi connectivity index (χ4v) is 1.85. The highest BCUT2D eigenvalue weighted by Gasteiger charge is 2.12. The number of aromatic amines is 1. The molecule has 0 aliphatic rings. The Morgan fingerprint density at radius 2 is 2.12 bits per heavy atom. The van der Waals surface area contributed by atoms with E-state index >= 15 is 0 Å². The Morgan fingerprint density at radius 3 is 2.71 bits per heavy atom. The molecule has 0 aliphatic heterocycles. The Kier molecular flexibility index (Phi) is 2.89. The summed E-state index contributed by atoms with van der Waals surface area (Å²) in [4.78, 5) is 10.7. The van der Waals surface area contributed by atoms with Gasteiger partial charge >= 0.3 is 5.97 Å². The zero-order chi connectivity index (χ0) is 12.6. The molecule has 17 heavy (non-hydrogen) atoms. The van der Waals surface area contributed by atoms with Crippen LogP contribution in [0.25, 0.3) is 11.3 Å². The molecule has 0 fully saturated rings. The van der Waals surface area contributed by atoms with Gasteiger partial charge in [-0.1, -0.05) is 0 Å². The topological polar surface area (TPSA) is 86.2 Å². The van der Waals surface area contributed by atoms with Crippen molar-refractivity contribution in [3.05, 3.63) is 33.9 Å². The van der Waals surface area contributed by atoms with E-state index in [4.69, 9.17) is 5.11 Å². The molecule has 5 nitrogen and oxygen atoms in total. The van der Waals surface area contributed by atoms with Gasteiger partial charge in [0.15, 0.2) is 0 Å². The number of aryl methyl sites for hydroxylation is 1. The first-order valence-corrected chi connectivity index (χ1v) is 5.56. The summed E-state index contributed by atoms with van der Waals surface area (Å²) in [5.74, 6) is -0.917. The number of nitrogens with zero attached hydrogens (tertiary/aromatic N) is 1. The molecule has 0 radical (unpaired) electrons. The number of halogens is 1. The Labute approximate surface area is 105 Å². The second-order valence-corrected chi connectivity index (χ2v) is 4.44. The third kappa shape index (κ3) is 2.16. The number of benzene rings is 1. The lowest BCUT2D eigenvalue weighted by molar-refractivity contribution is 0.0690. The predicted octanol–water partition coefficient (Wildman–Crippen LogP) is 2.55. The van der Waals surface area contributed by atoms with Crippen LogP contribution in [0.4, 0.5) is 0 Å². The number of rotatable bonds is 2. The summed E-state index contributed by atoms with van der Waals surface area (Å²) in [5.41, 5.74) is 2.14. The molecular formula is C11H9BrN2O3. The second-order valence-electron chi connectivity index (χ2n) is 3.59. The van der Waals surface area contributed by atoms with Crippen molar-refractivity contribution in [1.29, 1.82) is 0 Å². The fourth-order valence-electron chi connectivity index (χ4n) is 1.51. The summed E-state index contributed by atoms with van der Waals surface area (Å²) in [6.45, 7) is 1.82. The van der Waals surface area contributed by atoms with Gasteiger partial charge in [0.25, 0.3) is 0 Å². The number of carboxylic acids is 1. The van der Waals surface area contributed by atoms with E-state index in [1.54, 1.807) is 12.1 Å². The molecule has 0 unspecified atom stereocenters. The first-order valence-electron chi connectivity index (χ1n) is 4.77. The number of carboxylic acid groups (broad SMARTS) is 1. The number of hydrogen-bond acceptors (Lipinski definition) is 3. The standard InChI is InChI=1S/C11H9BrN2O3/c1-5-2-10(15)7(12)3-6(5)8-4-9(11(16)17)14-13-8/h2-4,15H,1H3,(H,13,14)(H,16,17). The van der Waals surface area contributed by atoms with Crippen molar-refractivity contribution >= 4 is 21.9 Å². The molecule has 0 amide bonds. The fraction of sp³-hybridized carbons (Fsp3) is 0.0909. The molecule has 6 heteroatoms. The zero-order valence-electron chi connectivity index (χ0n) is 8.86. The van der Waals surface area contributed by atoms with E-state index in [0.29, 0.717) is 10.2 Å². The first kappa shape index (κ1) is 11.7. The maximum Gasteiger partial charge on any atom is 0.353 e. The number of phenols is 1. The smallest absolute Gasteiger partial charge is 0.353 e. The van der Waals surface area contributed by atoms with Crippen LogP contribution in [0, 0.1) is 6.92 Å². The monoisotopic (exact) mass is 296 g/mol. The SMILES string of the molecule is Cc1cc(O)c(Br)cc1-c1cc(C(=O)O)[nH]n1. The van der Waals surface area contributed by atoms with Gasteiger partial charge < -0.3 is 10.2 Å². The highest BCUT2D eigenvalue weighted by molar-refractivity contribution is 9.10. The number of aromatic nitrogens is 2. The van der Waals surface area contributed by atoms with Crippen LogP contribution in [0.15, 0.2) is 22.7 Å². The van der Waals surface area contributed by atoms with Crippen LogP contribution in [0.2, 0.25) is 0 Å². The maximum absolute atomic E-state index is 10.7. The molecule has 88 valence electrons. The number of nitrogens with one attached hydrogen (secondary N) is 1. The molecule has 0 saturated heterocycles. The summed E-state index contributed by atoms with van der Waals surface area (Å²) in [5, 5.41) is 24.7. The van der Waals surface area contributed by atoms with E-state index in [-0.39, 0.29) is 11.4 Å². The number of phenolic OH excluding ortho intramolecular Hbond substituents is 1. The normalized spacial score (nSPS) is 10.5. The summed E-state index contributed by atoms with van der Waals surface area (Å²) in [6, 6.07) is 4.75. The minimum absolute atomic E-state index is 0.0311. The van der Waals surface area contributed by atoms with Crippen molar-refractivity contribution in [2.45, 2.75) is 6.92 Å². The van der Waals surface area contributed by atoms with Crippen molar-refractivity contribution in [1.82, 2.24) is 10.2 Å².